The summed E-state index contributed by atoms with van der Waals surface area (Å²) in [7, 11) is 0. The molecule has 0 aliphatic carbocycles. The van der Waals surface area contributed by atoms with Crippen molar-refractivity contribution in [1.29, 1.82) is 5.41 Å². The van der Waals surface area contributed by atoms with Crippen LogP contribution in [0.1, 0.15) is 78.2 Å². The fourth-order valence-corrected chi connectivity index (χ4v) is 4.33. The lowest BCUT2D eigenvalue weighted by molar-refractivity contribution is -0.140. The van der Waals surface area contributed by atoms with Crippen LogP contribution in [0.2, 0.25) is 0 Å². The van der Waals surface area contributed by atoms with E-state index in [4.69, 9.17) is 69.8 Å². The predicted molar refractivity (Wildman–Crippen MR) is 215 cm³/mol. The van der Waals surface area contributed by atoms with E-state index in [1.54, 1.807) is 26.0 Å². The zero-order chi connectivity index (χ0) is 45.5. The van der Waals surface area contributed by atoms with Gasteiger partial charge in [0, 0.05) is 6.54 Å². The molecular weight excluding hydrogens is 766 g/mol. The summed E-state index contributed by atoms with van der Waals surface area (Å²) in [5, 5.41) is 74.1. The number of carbonyl (C=O) groups is 6. The van der Waals surface area contributed by atoms with Crippen LogP contribution in [0.15, 0.2) is 24.3 Å². The number of guanidine groups is 1. The Morgan fingerprint density at radius 2 is 1.16 bits per heavy atom. The molecule has 0 saturated carbocycles. The van der Waals surface area contributed by atoms with Crippen LogP contribution in [0.4, 0.5) is 0 Å². The largest absolute Gasteiger partial charge is 0.508 e. The second-order valence-electron chi connectivity index (χ2n) is 13.9. The number of aliphatic carboxylic acids is 6. The van der Waals surface area contributed by atoms with Gasteiger partial charge in [0.2, 0.25) is 0 Å². The predicted octanol–water partition coefficient (Wildman–Crippen LogP) is -0.847. The molecule has 4 unspecified atom stereocenters. The van der Waals surface area contributed by atoms with Crippen molar-refractivity contribution in [3.05, 3.63) is 29.8 Å². The average Bonchev–Trinajstić information content (AvgIpc) is 3.88. The van der Waals surface area contributed by atoms with Gasteiger partial charge in [0.15, 0.2) is 5.96 Å². The molecule has 2 heterocycles. The maximum atomic E-state index is 10.4. The normalized spacial score (nSPS) is 17.1. The Bertz CT molecular complexity index is 1310. The van der Waals surface area contributed by atoms with Gasteiger partial charge in [0.1, 0.15) is 42.0 Å². The number of phenols is 1. The molecule has 2 aliphatic heterocycles. The molecule has 22 nitrogen and oxygen atoms in total. The second-order valence-corrected chi connectivity index (χ2v) is 13.9. The van der Waals surface area contributed by atoms with Gasteiger partial charge in [0.25, 0.3) is 0 Å². The minimum Gasteiger partial charge on any atom is -0.508 e. The van der Waals surface area contributed by atoms with Crippen LogP contribution in [0.3, 0.4) is 0 Å². The molecular formula is C36H67N9O13. The lowest BCUT2D eigenvalue weighted by atomic mass is 10.1. The van der Waals surface area contributed by atoms with E-state index >= 15 is 0 Å². The molecule has 0 aromatic heterocycles. The first-order chi connectivity index (χ1) is 26.8. The Hall–Kier alpha value is -5.13. The van der Waals surface area contributed by atoms with E-state index in [0.29, 0.717) is 31.7 Å². The molecule has 0 amide bonds. The Balaban J connectivity index is -0.000000633. The Morgan fingerprint density at radius 1 is 0.724 bits per heavy atom. The third-order valence-corrected chi connectivity index (χ3v) is 7.80. The van der Waals surface area contributed by atoms with E-state index in [1.807, 2.05) is 13.8 Å². The summed E-state index contributed by atoms with van der Waals surface area (Å²) >= 11 is 0. The van der Waals surface area contributed by atoms with E-state index in [9.17, 15) is 28.8 Å². The number of phenolic OH excluding ortho intramolecular Hbond substituents is 1. The summed E-state index contributed by atoms with van der Waals surface area (Å²) in [6, 6.07) is 2.66. The third-order valence-electron chi connectivity index (χ3n) is 7.80. The van der Waals surface area contributed by atoms with Gasteiger partial charge in [-0.1, -0.05) is 39.8 Å². The fourth-order valence-electron chi connectivity index (χ4n) is 4.33. The van der Waals surface area contributed by atoms with E-state index in [1.165, 1.54) is 12.1 Å². The highest BCUT2D eigenvalue weighted by molar-refractivity contribution is 5.75. The number of benzene rings is 1. The SMILES string of the molecule is CC(C)C(N)C(=O)O.CC(C)CC(N)C(=O)O.N=C(N)NCCCC(N)C(=O)O.NC(Cc1ccc(O)cc1)C(=O)O.O=C(O)[C@@H]1CCCN1.O=C(O)[C@@H]1CCCN1. The van der Waals surface area contributed by atoms with Crippen LogP contribution in [-0.4, -0.2) is 133 Å². The molecule has 1 aromatic rings. The average molecular weight is 834 g/mol. The number of carboxylic acids is 6. The summed E-state index contributed by atoms with van der Waals surface area (Å²) in [5.41, 5.74) is 26.7. The zero-order valence-electron chi connectivity index (χ0n) is 33.7. The molecule has 6 atom stereocenters. The standard InChI is InChI=1S/C9H11NO3.C6H14N4O2.C6H13NO2.2C5H9NO2.C5H11NO2/c10-8(9(12)13)5-6-1-3-7(11)4-2-6;7-4(5(11)12)2-1-3-10-6(8)9;1-4(2)3-5(7)6(8)9;2*7-5(8)4-2-1-3-6-4;1-3(2)4(6)5(7)8/h1-4,8,11H,5,10H2,(H,12,13);4H,1-3,7H2,(H,11,12)(H4,8,9,10);4-5H,3,7H2,1-2H3,(H,8,9);2*4,6H,1-3H2,(H,7,8);3-4H,6H2,1-2H3,(H,7,8)/t;;;2*4-;/m...00./s1. The molecule has 22 heteroatoms. The molecule has 0 spiro atoms. The monoisotopic (exact) mass is 833 g/mol. The van der Waals surface area contributed by atoms with Crippen LogP contribution in [-0.2, 0) is 35.2 Å². The van der Waals surface area contributed by atoms with Crippen molar-refractivity contribution in [3.63, 3.8) is 0 Å². The third kappa shape index (κ3) is 33.1. The van der Waals surface area contributed by atoms with Crippen LogP contribution < -0.4 is 44.6 Å². The molecule has 334 valence electrons. The van der Waals surface area contributed by atoms with Gasteiger partial charge in [-0.2, -0.15) is 0 Å². The van der Waals surface area contributed by atoms with Crippen LogP contribution in [0.25, 0.3) is 0 Å². The lowest BCUT2D eigenvalue weighted by Gasteiger charge is -2.07. The van der Waals surface area contributed by atoms with Gasteiger partial charge in [-0.15, -0.1) is 0 Å². The molecule has 58 heavy (non-hydrogen) atoms. The van der Waals surface area contributed by atoms with E-state index < -0.39 is 60.0 Å². The molecule has 2 saturated heterocycles. The zero-order valence-corrected chi connectivity index (χ0v) is 33.7. The first-order valence-electron chi connectivity index (χ1n) is 18.5. The summed E-state index contributed by atoms with van der Waals surface area (Å²) in [6.45, 7) is 9.65. The van der Waals surface area contributed by atoms with Gasteiger partial charge in [0.05, 0.1) is 0 Å². The number of aromatic hydroxyl groups is 1. The van der Waals surface area contributed by atoms with Crippen molar-refractivity contribution in [2.75, 3.05) is 19.6 Å². The van der Waals surface area contributed by atoms with Crippen molar-refractivity contribution in [2.24, 2.45) is 40.5 Å². The van der Waals surface area contributed by atoms with Crippen LogP contribution in [0, 0.1) is 17.2 Å². The fraction of sp³-hybridized carbons (Fsp3) is 0.639. The molecule has 2 fully saturated rings. The van der Waals surface area contributed by atoms with Crippen molar-refractivity contribution >= 4 is 41.8 Å². The minimum absolute atomic E-state index is 0.0208. The highest BCUT2D eigenvalue weighted by Gasteiger charge is 2.21. The quantitative estimate of drug-likeness (QED) is 0.0581. The van der Waals surface area contributed by atoms with E-state index in [-0.39, 0.29) is 36.1 Å². The molecule has 21 N–H and O–H groups in total. The first kappa shape index (κ1) is 57.2. The van der Waals surface area contributed by atoms with Gasteiger partial charge in [-0.3, -0.25) is 34.2 Å². The van der Waals surface area contributed by atoms with Crippen molar-refractivity contribution in [1.82, 2.24) is 16.0 Å². The first-order valence-corrected chi connectivity index (χ1v) is 18.5. The lowest BCUT2D eigenvalue weighted by Crippen LogP contribution is -2.34. The second kappa shape index (κ2) is 32.9. The Kier molecular flexibility index (Phi) is 32.4. The van der Waals surface area contributed by atoms with E-state index in [2.05, 4.69) is 16.0 Å². The van der Waals surface area contributed by atoms with Crippen molar-refractivity contribution in [2.45, 2.75) is 115 Å². The number of rotatable bonds is 15. The summed E-state index contributed by atoms with van der Waals surface area (Å²) in [6.07, 6.45) is 5.37. The molecule has 2 aliphatic rings. The van der Waals surface area contributed by atoms with Crippen molar-refractivity contribution < 1.29 is 64.5 Å². The maximum Gasteiger partial charge on any atom is 0.320 e. The van der Waals surface area contributed by atoms with Gasteiger partial charge in [-0.25, -0.2) is 0 Å². The van der Waals surface area contributed by atoms with Gasteiger partial charge < -0.3 is 80.4 Å². The van der Waals surface area contributed by atoms with Gasteiger partial charge in [-0.05, 0) is 94.0 Å². The van der Waals surface area contributed by atoms with E-state index in [0.717, 1.165) is 44.3 Å². The Morgan fingerprint density at radius 3 is 1.40 bits per heavy atom. The number of nitrogens with one attached hydrogen (secondary N) is 4. The van der Waals surface area contributed by atoms with Gasteiger partial charge >= 0.3 is 35.8 Å². The summed E-state index contributed by atoms with van der Waals surface area (Å²) < 4.78 is 0. The maximum absolute atomic E-state index is 10.4. The molecule has 0 bridgehead atoms. The van der Waals surface area contributed by atoms with Crippen LogP contribution in [0.5, 0.6) is 5.75 Å². The Labute approximate surface area is 338 Å². The highest BCUT2D eigenvalue weighted by atomic mass is 16.4. The number of nitrogens with two attached hydrogens (primary N) is 5. The molecule has 3 rings (SSSR count). The molecule has 1 aromatic carbocycles. The minimum atomic E-state index is -1.02. The smallest absolute Gasteiger partial charge is 0.320 e. The number of hydrogen-bond acceptors (Lipinski definition) is 14. The topological polar surface area (TPSA) is 434 Å². The number of hydrogen-bond donors (Lipinski definition) is 16. The number of carboxylic acid groups (broad SMARTS) is 6. The molecule has 0 radical (unpaired) electrons. The summed E-state index contributed by atoms with van der Waals surface area (Å²) in [4.78, 5) is 61.0. The van der Waals surface area contributed by atoms with Crippen molar-refractivity contribution in [3.8, 4) is 5.75 Å². The highest BCUT2D eigenvalue weighted by Crippen LogP contribution is 2.11. The van der Waals surface area contributed by atoms with Crippen LogP contribution >= 0.6 is 0 Å². The summed E-state index contributed by atoms with van der Waals surface area (Å²) in [5.74, 6) is -4.88.